The van der Waals surface area contributed by atoms with Crippen molar-refractivity contribution in [3.8, 4) is 0 Å². The third-order valence-electron chi connectivity index (χ3n) is 2.36. The van der Waals surface area contributed by atoms with Crippen molar-refractivity contribution in [2.75, 3.05) is 5.32 Å². The molecule has 0 aliphatic rings. The number of benzene rings is 1. The molecule has 0 atom stereocenters. The largest absolute Gasteiger partial charge is 0.478 e. The molecule has 5 heteroatoms. The molecule has 1 aromatic carbocycles. The van der Waals surface area contributed by atoms with Crippen LogP contribution in [0.2, 0.25) is 0 Å². The van der Waals surface area contributed by atoms with Crippen LogP contribution in [0, 0.1) is 6.92 Å². The first-order valence-corrected chi connectivity index (χ1v) is 6.14. The summed E-state index contributed by atoms with van der Waals surface area (Å²) in [6, 6.07) is 7.95. The van der Waals surface area contributed by atoms with Crippen molar-refractivity contribution in [1.29, 1.82) is 0 Å². The van der Waals surface area contributed by atoms with E-state index in [1.807, 2.05) is 6.92 Å². The van der Waals surface area contributed by atoms with Crippen molar-refractivity contribution in [2.24, 2.45) is 0 Å². The number of hydrogen-bond donors (Lipinski definition) is 2. The van der Waals surface area contributed by atoms with Gasteiger partial charge in [0.15, 0.2) is 0 Å². The number of carbonyl (C=O) groups is 2. The van der Waals surface area contributed by atoms with Crippen LogP contribution in [0.15, 0.2) is 35.7 Å². The number of amides is 1. The first kappa shape index (κ1) is 12.3. The molecule has 92 valence electrons. The number of carboxylic acid groups (broad SMARTS) is 1. The number of aryl methyl sites for hydroxylation is 1. The molecular weight excluding hydrogens is 250 g/mol. The summed E-state index contributed by atoms with van der Waals surface area (Å²) in [5.41, 5.74) is 1.20. The lowest BCUT2D eigenvalue weighted by Crippen LogP contribution is -2.11. The molecule has 0 fully saturated rings. The highest BCUT2D eigenvalue weighted by molar-refractivity contribution is 7.10. The second-order valence-electron chi connectivity index (χ2n) is 3.79. The van der Waals surface area contributed by atoms with Gasteiger partial charge in [0.05, 0.1) is 11.1 Å². The highest BCUT2D eigenvalue weighted by Crippen LogP contribution is 2.16. The first-order chi connectivity index (χ1) is 8.56. The molecule has 0 aliphatic heterocycles. The molecular formula is C13H11NO3S. The zero-order chi connectivity index (χ0) is 13.1. The summed E-state index contributed by atoms with van der Waals surface area (Å²) < 4.78 is 0. The van der Waals surface area contributed by atoms with Gasteiger partial charge in [-0.2, -0.15) is 0 Å². The Bertz CT molecular complexity index is 604. The van der Waals surface area contributed by atoms with E-state index in [2.05, 4.69) is 5.32 Å². The van der Waals surface area contributed by atoms with Crippen molar-refractivity contribution >= 4 is 28.9 Å². The van der Waals surface area contributed by atoms with E-state index in [1.165, 1.54) is 23.5 Å². The molecule has 0 spiro atoms. The molecule has 2 N–H and O–H groups in total. The van der Waals surface area contributed by atoms with Crippen LogP contribution >= 0.6 is 11.3 Å². The fourth-order valence-corrected chi connectivity index (χ4v) is 2.18. The van der Waals surface area contributed by atoms with Gasteiger partial charge in [-0.15, -0.1) is 11.3 Å². The third-order valence-corrected chi connectivity index (χ3v) is 3.22. The maximum atomic E-state index is 11.9. The van der Waals surface area contributed by atoms with Crippen LogP contribution in [-0.2, 0) is 0 Å². The summed E-state index contributed by atoms with van der Waals surface area (Å²) in [4.78, 5) is 23.7. The number of anilines is 1. The number of rotatable bonds is 3. The summed E-state index contributed by atoms with van der Waals surface area (Å²) in [5, 5.41) is 13.3. The number of nitrogens with one attached hydrogen (secondary N) is 1. The number of hydrogen-bond acceptors (Lipinski definition) is 3. The van der Waals surface area contributed by atoms with E-state index in [0.717, 1.165) is 4.88 Å². The van der Waals surface area contributed by atoms with Crippen LogP contribution in [-0.4, -0.2) is 17.0 Å². The van der Waals surface area contributed by atoms with Crippen molar-refractivity contribution in [3.63, 3.8) is 0 Å². The van der Waals surface area contributed by atoms with E-state index < -0.39 is 5.97 Å². The van der Waals surface area contributed by atoms with Crippen molar-refractivity contribution in [1.82, 2.24) is 0 Å². The molecule has 0 aliphatic carbocycles. The zero-order valence-electron chi connectivity index (χ0n) is 9.64. The Labute approximate surface area is 108 Å². The molecule has 1 aromatic heterocycles. The Balaban J connectivity index is 2.16. The summed E-state index contributed by atoms with van der Waals surface area (Å²) in [6.45, 7) is 1.92. The molecule has 0 saturated carbocycles. The van der Waals surface area contributed by atoms with E-state index in [1.54, 1.807) is 23.6 Å². The maximum absolute atomic E-state index is 11.9. The fraction of sp³-hybridized carbons (Fsp3) is 0.0769. The van der Waals surface area contributed by atoms with E-state index in [0.29, 0.717) is 11.3 Å². The molecule has 0 radical (unpaired) electrons. The van der Waals surface area contributed by atoms with E-state index in [-0.39, 0.29) is 11.5 Å². The Hall–Kier alpha value is -2.14. The second-order valence-corrected chi connectivity index (χ2v) is 4.90. The summed E-state index contributed by atoms with van der Waals surface area (Å²) >= 11 is 1.50. The van der Waals surface area contributed by atoms with E-state index in [9.17, 15) is 9.59 Å². The minimum atomic E-state index is -1.02. The lowest BCUT2D eigenvalue weighted by atomic mass is 10.2. The lowest BCUT2D eigenvalue weighted by Gasteiger charge is -2.04. The van der Waals surface area contributed by atoms with Gasteiger partial charge in [0.2, 0.25) is 0 Å². The zero-order valence-corrected chi connectivity index (χ0v) is 10.5. The van der Waals surface area contributed by atoms with Gasteiger partial charge in [0.25, 0.3) is 5.91 Å². The first-order valence-electron chi connectivity index (χ1n) is 5.26. The van der Waals surface area contributed by atoms with Crippen LogP contribution in [0.1, 0.15) is 25.6 Å². The van der Waals surface area contributed by atoms with Crippen molar-refractivity contribution in [3.05, 3.63) is 51.7 Å². The highest BCUT2D eigenvalue weighted by atomic mass is 32.1. The van der Waals surface area contributed by atoms with Gasteiger partial charge in [0.1, 0.15) is 0 Å². The van der Waals surface area contributed by atoms with Crippen LogP contribution in [0.25, 0.3) is 0 Å². The van der Waals surface area contributed by atoms with Gasteiger partial charge < -0.3 is 10.4 Å². The number of carbonyl (C=O) groups excluding carboxylic acids is 1. The molecule has 4 nitrogen and oxygen atoms in total. The second kappa shape index (κ2) is 5.01. The van der Waals surface area contributed by atoms with Crippen LogP contribution in [0.4, 0.5) is 5.69 Å². The van der Waals surface area contributed by atoms with E-state index in [4.69, 9.17) is 5.11 Å². The fourth-order valence-electron chi connectivity index (χ4n) is 1.50. The summed E-state index contributed by atoms with van der Waals surface area (Å²) in [7, 11) is 0. The Morgan fingerprint density at radius 2 is 2.00 bits per heavy atom. The predicted octanol–water partition coefficient (Wildman–Crippen LogP) is 3.01. The topological polar surface area (TPSA) is 66.4 Å². The number of carboxylic acids is 1. The van der Waals surface area contributed by atoms with Gasteiger partial charge in [-0.3, -0.25) is 4.79 Å². The molecule has 1 amide bonds. The quantitative estimate of drug-likeness (QED) is 0.892. The third kappa shape index (κ3) is 2.75. The molecule has 18 heavy (non-hydrogen) atoms. The molecule has 2 aromatic rings. The Morgan fingerprint density at radius 3 is 2.61 bits per heavy atom. The summed E-state index contributed by atoms with van der Waals surface area (Å²) in [6.07, 6.45) is 0. The molecule has 0 saturated heterocycles. The molecule has 0 unspecified atom stereocenters. The van der Waals surface area contributed by atoms with Crippen LogP contribution in [0.5, 0.6) is 0 Å². The monoisotopic (exact) mass is 261 g/mol. The van der Waals surface area contributed by atoms with Gasteiger partial charge in [0, 0.05) is 15.9 Å². The average Bonchev–Trinajstić information content (AvgIpc) is 2.76. The maximum Gasteiger partial charge on any atom is 0.335 e. The number of thiophene rings is 1. The van der Waals surface area contributed by atoms with Crippen LogP contribution in [0.3, 0.4) is 0 Å². The Morgan fingerprint density at radius 1 is 1.22 bits per heavy atom. The van der Waals surface area contributed by atoms with Gasteiger partial charge in [-0.25, -0.2) is 4.79 Å². The van der Waals surface area contributed by atoms with Crippen molar-refractivity contribution < 1.29 is 14.7 Å². The van der Waals surface area contributed by atoms with Crippen LogP contribution < -0.4 is 5.32 Å². The number of aromatic carboxylic acids is 1. The molecule has 0 bridgehead atoms. The Kier molecular flexibility index (Phi) is 3.43. The molecule has 2 rings (SSSR count). The van der Waals surface area contributed by atoms with Gasteiger partial charge in [-0.1, -0.05) is 6.07 Å². The molecule has 1 heterocycles. The van der Waals surface area contributed by atoms with Gasteiger partial charge in [-0.05, 0) is 31.2 Å². The normalized spacial score (nSPS) is 10.1. The highest BCUT2D eigenvalue weighted by Gasteiger charge is 2.09. The standard InChI is InChI=1S/C13H11NO3S/c1-8-5-10(7-18-8)12(15)14-11-4-2-3-9(6-11)13(16)17/h2-7H,1H3,(H,14,15)(H,16,17). The SMILES string of the molecule is Cc1cc(C(=O)Nc2cccc(C(=O)O)c2)cs1. The minimum absolute atomic E-state index is 0.147. The van der Waals surface area contributed by atoms with Crippen molar-refractivity contribution in [2.45, 2.75) is 6.92 Å². The van der Waals surface area contributed by atoms with E-state index >= 15 is 0 Å². The average molecular weight is 261 g/mol. The predicted molar refractivity (Wildman–Crippen MR) is 70.4 cm³/mol. The minimum Gasteiger partial charge on any atom is -0.478 e. The lowest BCUT2D eigenvalue weighted by molar-refractivity contribution is 0.0696. The smallest absolute Gasteiger partial charge is 0.335 e. The summed E-state index contributed by atoms with van der Waals surface area (Å²) in [5.74, 6) is -1.25. The van der Waals surface area contributed by atoms with Gasteiger partial charge >= 0.3 is 5.97 Å².